The molecule has 0 spiro atoms. The molecule has 0 fully saturated rings. The fraction of sp³-hybridized carbons (Fsp3) is 0.250. The van der Waals surface area contributed by atoms with E-state index < -0.39 is 0 Å². The number of ether oxygens (including phenoxy) is 3. The number of benzene rings is 2. The Morgan fingerprint density at radius 1 is 1.28 bits per heavy atom. The molecule has 1 aliphatic rings. The van der Waals surface area contributed by atoms with Gasteiger partial charge in [-0.25, -0.2) is 0 Å². The van der Waals surface area contributed by atoms with Gasteiger partial charge in [0.15, 0.2) is 11.5 Å². The maximum absolute atomic E-state index is 12.1. The third kappa shape index (κ3) is 4.32. The number of methoxy groups -OCH3 is 1. The number of aryl methyl sites for hydroxylation is 1. The summed E-state index contributed by atoms with van der Waals surface area (Å²) in [5.41, 5.74) is 1.97. The van der Waals surface area contributed by atoms with Crippen molar-refractivity contribution in [3.8, 4) is 17.2 Å². The number of fused-ring (bicyclic) bond motifs is 1. The first-order valence-corrected chi connectivity index (χ1v) is 8.15. The van der Waals surface area contributed by atoms with E-state index in [0.29, 0.717) is 18.9 Å². The van der Waals surface area contributed by atoms with Gasteiger partial charge < -0.3 is 19.5 Å². The number of amides is 1. The average molecular weight is 339 g/mol. The van der Waals surface area contributed by atoms with Gasteiger partial charge in [-0.3, -0.25) is 4.79 Å². The van der Waals surface area contributed by atoms with Gasteiger partial charge in [0.2, 0.25) is 5.91 Å². The van der Waals surface area contributed by atoms with Crippen LogP contribution in [0, 0.1) is 6.92 Å². The summed E-state index contributed by atoms with van der Waals surface area (Å²) < 4.78 is 16.7. The molecule has 1 amide bonds. The van der Waals surface area contributed by atoms with Crippen molar-refractivity contribution in [3.63, 3.8) is 0 Å². The van der Waals surface area contributed by atoms with Crippen LogP contribution in [0.1, 0.15) is 11.1 Å². The van der Waals surface area contributed by atoms with Gasteiger partial charge in [-0.05, 0) is 37.3 Å². The summed E-state index contributed by atoms with van der Waals surface area (Å²) in [7, 11) is 1.61. The monoisotopic (exact) mass is 339 g/mol. The standard InChI is InChI=1S/C20H21NO4/c1-14-7-9-17(23-2)15(11-14)8-10-20(22)21-12-16-13-24-18-5-3-4-6-19(18)25-16/h3-11,16H,12-13H2,1-2H3,(H,21,22)/b10-8+/t16-/m0/s1. The zero-order valence-corrected chi connectivity index (χ0v) is 14.3. The SMILES string of the molecule is COc1ccc(C)cc1/C=C/C(=O)NC[C@H]1COc2ccccc2O1. The van der Waals surface area contributed by atoms with Crippen LogP contribution in [0.4, 0.5) is 0 Å². The molecule has 0 unspecified atom stereocenters. The van der Waals surface area contributed by atoms with Crippen LogP contribution in [0.3, 0.4) is 0 Å². The molecular weight excluding hydrogens is 318 g/mol. The molecule has 3 rings (SSSR count). The molecule has 1 N–H and O–H groups in total. The summed E-state index contributed by atoms with van der Waals surface area (Å²) >= 11 is 0. The Balaban J connectivity index is 1.54. The van der Waals surface area contributed by atoms with E-state index in [1.54, 1.807) is 13.2 Å². The van der Waals surface area contributed by atoms with E-state index in [0.717, 1.165) is 22.6 Å². The zero-order chi connectivity index (χ0) is 17.6. The molecule has 130 valence electrons. The van der Waals surface area contributed by atoms with Gasteiger partial charge in [-0.15, -0.1) is 0 Å². The molecule has 5 nitrogen and oxygen atoms in total. The Hall–Kier alpha value is -2.95. The predicted molar refractivity (Wildman–Crippen MR) is 96.1 cm³/mol. The van der Waals surface area contributed by atoms with Gasteiger partial charge >= 0.3 is 0 Å². The molecule has 1 aliphatic heterocycles. The summed E-state index contributed by atoms with van der Waals surface area (Å²) in [6, 6.07) is 13.3. The number of carbonyl (C=O) groups is 1. The van der Waals surface area contributed by atoms with E-state index in [4.69, 9.17) is 14.2 Å². The second-order valence-corrected chi connectivity index (χ2v) is 5.82. The Morgan fingerprint density at radius 3 is 2.88 bits per heavy atom. The Labute approximate surface area is 147 Å². The molecule has 2 aromatic carbocycles. The lowest BCUT2D eigenvalue weighted by molar-refractivity contribution is -0.116. The highest BCUT2D eigenvalue weighted by atomic mass is 16.6. The van der Waals surface area contributed by atoms with Crippen molar-refractivity contribution in [3.05, 3.63) is 59.7 Å². The second-order valence-electron chi connectivity index (χ2n) is 5.82. The summed E-state index contributed by atoms with van der Waals surface area (Å²) in [6.45, 7) is 2.78. The van der Waals surface area contributed by atoms with Crippen LogP contribution in [-0.2, 0) is 4.79 Å². The summed E-state index contributed by atoms with van der Waals surface area (Å²) in [5, 5.41) is 2.83. The van der Waals surface area contributed by atoms with Gasteiger partial charge in [-0.1, -0.05) is 23.8 Å². The van der Waals surface area contributed by atoms with Crippen LogP contribution in [0.2, 0.25) is 0 Å². The Kier molecular flexibility index (Phi) is 5.23. The maximum Gasteiger partial charge on any atom is 0.244 e. The topological polar surface area (TPSA) is 56.8 Å². The van der Waals surface area contributed by atoms with Crippen LogP contribution < -0.4 is 19.5 Å². The summed E-state index contributed by atoms with van der Waals surface area (Å²) in [4.78, 5) is 12.1. The number of rotatable bonds is 5. The van der Waals surface area contributed by atoms with Crippen LogP contribution in [-0.4, -0.2) is 32.3 Å². The lowest BCUT2D eigenvalue weighted by Gasteiger charge is -2.26. The largest absolute Gasteiger partial charge is 0.496 e. The molecule has 0 aromatic heterocycles. The van der Waals surface area contributed by atoms with Crippen molar-refractivity contribution in [1.29, 1.82) is 0 Å². The van der Waals surface area contributed by atoms with E-state index in [2.05, 4.69) is 5.32 Å². The van der Waals surface area contributed by atoms with Crippen molar-refractivity contribution in [2.24, 2.45) is 0 Å². The van der Waals surface area contributed by atoms with Gasteiger partial charge in [0.1, 0.15) is 18.5 Å². The highest BCUT2D eigenvalue weighted by Gasteiger charge is 2.20. The second kappa shape index (κ2) is 7.75. The normalized spacial score (nSPS) is 15.8. The van der Waals surface area contributed by atoms with E-state index in [9.17, 15) is 4.79 Å². The molecule has 0 radical (unpaired) electrons. The number of nitrogens with one attached hydrogen (secondary N) is 1. The van der Waals surface area contributed by atoms with Crippen molar-refractivity contribution in [2.75, 3.05) is 20.3 Å². The van der Waals surface area contributed by atoms with Crippen molar-refractivity contribution < 1.29 is 19.0 Å². The first kappa shape index (κ1) is 16.9. The fourth-order valence-corrected chi connectivity index (χ4v) is 2.59. The predicted octanol–water partition coefficient (Wildman–Crippen LogP) is 2.97. The van der Waals surface area contributed by atoms with Crippen molar-refractivity contribution in [2.45, 2.75) is 13.0 Å². The van der Waals surface area contributed by atoms with Crippen molar-refractivity contribution >= 4 is 12.0 Å². The van der Waals surface area contributed by atoms with Gasteiger partial charge in [-0.2, -0.15) is 0 Å². The Morgan fingerprint density at radius 2 is 2.08 bits per heavy atom. The van der Waals surface area contributed by atoms with Crippen LogP contribution in [0.5, 0.6) is 17.2 Å². The highest BCUT2D eigenvalue weighted by Crippen LogP contribution is 2.30. The van der Waals surface area contributed by atoms with Gasteiger partial charge in [0.25, 0.3) is 0 Å². The first-order valence-electron chi connectivity index (χ1n) is 8.15. The van der Waals surface area contributed by atoms with Crippen molar-refractivity contribution in [1.82, 2.24) is 5.32 Å². The third-order valence-corrected chi connectivity index (χ3v) is 3.87. The molecular formula is C20H21NO4. The smallest absolute Gasteiger partial charge is 0.244 e. The third-order valence-electron chi connectivity index (χ3n) is 3.87. The first-order chi connectivity index (χ1) is 12.2. The molecule has 0 saturated heterocycles. The minimum atomic E-state index is -0.208. The Bertz CT molecular complexity index is 785. The molecule has 25 heavy (non-hydrogen) atoms. The average Bonchev–Trinajstić information content (AvgIpc) is 2.64. The molecule has 1 atom stereocenters. The summed E-state index contributed by atoms with van der Waals surface area (Å²) in [5.74, 6) is 1.98. The van der Waals surface area contributed by atoms with Crippen LogP contribution >= 0.6 is 0 Å². The quantitative estimate of drug-likeness (QED) is 0.851. The van der Waals surface area contributed by atoms with Gasteiger partial charge in [0, 0.05) is 11.6 Å². The summed E-state index contributed by atoms with van der Waals surface area (Å²) in [6.07, 6.45) is 3.03. The van der Waals surface area contributed by atoms with Gasteiger partial charge in [0.05, 0.1) is 13.7 Å². The zero-order valence-electron chi connectivity index (χ0n) is 14.3. The number of hydrogen-bond donors (Lipinski definition) is 1. The minimum Gasteiger partial charge on any atom is -0.496 e. The molecule has 1 heterocycles. The van der Waals surface area contributed by atoms with E-state index in [1.165, 1.54) is 6.08 Å². The highest BCUT2D eigenvalue weighted by molar-refractivity contribution is 5.92. The number of carbonyl (C=O) groups excluding carboxylic acids is 1. The van der Waals surface area contributed by atoms with E-state index in [-0.39, 0.29) is 12.0 Å². The van der Waals surface area contributed by atoms with Crippen LogP contribution in [0.15, 0.2) is 48.5 Å². The van der Waals surface area contributed by atoms with E-state index in [1.807, 2.05) is 49.4 Å². The molecule has 2 aromatic rings. The van der Waals surface area contributed by atoms with E-state index >= 15 is 0 Å². The number of para-hydroxylation sites is 2. The lowest BCUT2D eigenvalue weighted by Crippen LogP contribution is -2.40. The van der Waals surface area contributed by atoms with Crippen LogP contribution in [0.25, 0.3) is 6.08 Å². The molecule has 5 heteroatoms. The fourth-order valence-electron chi connectivity index (χ4n) is 2.59. The molecule has 0 aliphatic carbocycles. The maximum atomic E-state index is 12.1. The molecule has 0 bridgehead atoms. The lowest BCUT2D eigenvalue weighted by atomic mass is 10.1. The number of hydrogen-bond acceptors (Lipinski definition) is 4. The minimum absolute atomic E-state index is 0.189. The molecule has 0 saturated carbocycles.